The van der Waals surface area contributed by atoms with Gasteiger partial charge in [-0.1, -0.05) is 0 Å². The van der Waals surface area contributed by atoms with Crippen LogP contribution >= 0.6 is 0 Å². The van der Waals surface area contributed by atoms with Crippen molar-refractivity contribution in [2.45, 2.75) is 12.3 Å². The topological polar surface area (TPSA) is 49.6 Å². The molecule has 0 aliphatic carbocycles. The van der Waals surface area contributed by atoms with E-state index in [9.17, 15) is 0 Å². The van der Waals surface area contributed by atoms with Crippen LogP contribution in [0, 0.1) is 0 Å². The molecule has 0 spiro atoms. The van der Waals surface area contributed by atoms with Crippen LogP contribution in [0.1, 0.15) is 0 Å². The monoisotopic (exact) mass is 128 g/mol. The van der Waals surface area contributed by atoms with E-state index in [1.165, 1.54) is 0 Å². The lowest BCUT2D eigenvalue weighted by Crippen LogP contribution is -2.35. The summed E-state index contributed by atoms with van der Waals surface area (Å²) in [5.41, 5.74) is 2.97. The Morgan fingerprint density at radius 1 is 1.78 bits per heavy atom. The van der Waals surface area contributed by atoms with Crippen molar-refractivity contribution in [3.63, 3.8) is 0 Å². The maximum absolute atomic E-state index is 3.81. The lowest BCUT2D eigenvalue weighted by Gasteiger charge is -2.11. The van der Waals surface area contributed by atoms with E-state index in [0.717, 1.165) is 0 Å². The molecule has 0 bridgehead atoms. The molecule has 4 nitrogen and oxygen atoms in total. The smallest absolute Gasteiger partial charge is 0.130 e. The number of nitrogens with zero attached hydrogens (tertiary/aromatic N) is 2. The SMILES string of the molecule is C=NC1NC1N(C)NC. The highest BCUT2D eigenvalue weighted by molar-refractivity contribution is 5.26. The molecule has 2 unspecified atom stereocenters. The van der Waals surface area contributed by atoms with Crippen LogP contribution in [0.2, 0.25) is 0 Å². The Kier molecular flexibility index (Phi) is 1.80. The third-order valence-electron chi connectivity index (χ3n) is 1.50. The molecule has 2 N–H and O–H groups in total. The Balaban J connectivity index is 2.24. The fraction of sp³-hybridized carbons (Fsp3) is 0.800. The summed E-state index contributed by atoms with van der Waals surface area (Å²) >= 11 is 0. The number of likely N-dealkylation sites (N-methyl/N-ethyl adjacent to an activating group) is 1. The molecule has 1 fully saturated rings. The Bertz CT molecular complexity index is 114. The van der Waals surface area contributed by atoms with Gasteiger partial charge in [0.1, 0.15) is 12.3 Å². The van der Waals surface area contributed by atoms with Crippen LogP contribution in [0.3, 0.4) is 0 Å². The van der Waals surface area contributed by atoms with E-state index in [1.807, 2.05) is 19.1 Å². The first-order valence-electron chi connectivity index (χ1n) is 2.91. The Hall–Kier alpha value is -0.450. The minimum absolute atomic E-state index is 0.224. The molecule has 0 amide bonds. The van der Waals surface area contributed by atoms with Gasteiger partial charge in [0.15, 0.2) is 0 Å². The van der Waals surface area contributed by atoms with Crippen molar-refractivity contribution in [3.8, 4) is 0 Å². The number of aliphatic imine (C=N–C) groups is 1. The van der Waals surface area contributed by atoms with Gasteiger partial charge in [-0.3, -0.25) is 15.7 Å². The second-order valence-electron chi connectivity index (χ2n) is 2.07. The van der Waals surface area contributed by atoms with E-state index < -0.39 is 0 Å². The third kappa shape index (κ3) is 1.27. The van der Waals surface area contributed by atoms with Gasteiger partial charge in [-0.2, -0.15) is 0 Å². The molecule has 1 aliphatic rings. The summed E-state index contributed by atoms with van der Waals surface area (Å²) in [5.74, 6) is 0. The van der Waals surface area contributed by atoms with Crippen LogP contribution in [-0.4, -0.2) is 38.2 Å². The zero-order valence-electron chi connectivity index (χ0n) is 5.76. The number of nitrogens with one attached hydrogen (secondary N) is 2. The van der Waals surface area contributed by atoms with Crippen LogP contribution in [0.4, 0.5) is 0 Å². The maximum atomic E-state index is 3.81. The summed E-state index contributed by atoms with van der Waals surface area (Å²) in [5, 5.41) is 5.06. The molecule has 4 heteroatoms. The van der Waals surface area contributed by atoms with E-state index in [2.05, 4.69) is 22.5 Å². The van der Waals surface area contributed by atoms with Gasteiger partial charge in [-0.15, -0.1) is 0 Å². The molecule has 1 saturated heterocycles. The number of hydrogen-bond acceptors (Lipinski definition) is 4. The minimum atomic E-state index is 0.224. The predicted molar refractivity (Wildman–Crippen MR) is 37.1 cm³/mol. The van der Waals surface area contributed by atoms with Crippen molar-refractivity contribution in [3.05, 3.63) is 0 Å². The number of hydrazine groups is 1. The van der Waals surface area contributed by atoms with Crippen molar-refractivity contribution >= 4 is 6.72 Å². The molecule has 2 atom stereocenters. The van der Waals surface area contributed by atoms with Gasteiger partial charge in [0, 0.05) is 7.05 Å². The second-order valence-corrected chi connectivity index (χ2v) is 2.07. The van der Waals surface area contributed by atoms with E-state index in [1.54, 1.807) is 0 Å². The van der Waals surface area contributed by atoms with Gasteiger partial charge >= 0.3 is 0 Å². The number of rotatable bonds is 3. The normalized spacial score (nSPS) is 32.8. The first-order valence-corrected chi connectivity index (χ1v) is 2.91. The fourth-order valence-electron chi connectivity index (χ4n) is 0.735. The van der Waals surface area contributed by atoms with Crippen molar-refractivity contribution in [1.82, 2.24) is 15.8 Å². The largest absolute Gasteiger partial charge is 0.279 e. The van der Waals surface area contributed by atoms with Gasteiger partial charge in [0.2, 0.25) is 0 Å². The summed E-state index contributed by atoms with van der Waals surface area (Å²) in [6, 6.07) is 0. The fourth-order valence-corrected chi connectivity index (χ4v) is 0.735. The van der Waals surface area contributed by atoms with Gasteiger partial charge in [-0.05, 0) is 13.8 Å². The summed E-state index contributed by atoms with van der Waals surface area (Å²) in [6.45, 7) is 3.42. The molecule has 52 valence electrons. The summed E-state index contributed by atoms with van der Waals surface area (Å²) in [7, 11) is 3.84. The second kappa shape index (κ2) is 2.43. The first-order chi connectivity index (χ1) is 4.29. The van der Waals surface area contributed by atoms with E-state index in [4.69, 9.17) is 0 Å². The Morgan fingerprint density at radius 3 is 2.78 bits per heavy atom. The summed E-state index contributed by atoms with van der Waals surface area (Å²) < 4.78 is 0. The maximum Gasteiger partial charge on any atom is 0.130 e. The Labute approximate surface area is 54.9 Å². The molecule has 1 heterocycles. The van der Waals surface area contributed by atoms with Crippen LogP contribution in [0.25, 0.3) is 0 Å². The molecular formula is C5H12N4. The molecule has 0 saturated carbocycles. The molecule has 1 aliphatic heterocycles. The molecule has 0 aromatic rings. The third-order valence-corrected chi connectivity index (χ3v) is 1.50. The molecule has 9 heavy (non-hydrogen) atoms. The van der Waals surface area contributed by atoms with E-state index >= 15 is 0 Å². The highest BCUT2D eigenvalue weighted by Crippen LogP contribution is 2.11. The van der Waals surface area contributed by atoms with E-state index in [0.29, 0.717) is 6.17 Å². The van der Waals surface area contributed by atoms with E-state index in [-0.39, 0.29) is 6.17 Å². The average Bonchev–Trinajstić information content (AvgIpc) is 2.64. The zero-order chi connectivity index (χ0) is 6.85. The average molecular weight is 128 g/mol. The van der Waals surface area contributed by atoms with Gasteiger partial charge in [-0.25, -0.2) is 5.01 Å². The lowest BCUT2D eigenvalue weighted by atomic mass is 10.6. The zero-order valence-corrected chi connectivity index (χ0v) is 5.76. The molecule has 0 radical (unpaired) electrons. The summed E-state index contributed by atoms with van der Waals surface area (Å²) in [6.07, 6.45) is 0.565. The van der Waals surface area contributed by atoms with Crippen LogP contribution in [-0.2, 0) is 0 Å². The molecule has 0 aromatic heterocycles. The predicted octanol–water partition coefficient (Wildman–Crippen LogP) is -0.991. The van der Waals surface area contributed by atoms with Gasteiger partial charge in [0.25, 0.3) is 0 Å². The number of hydrogen-bond donors (Lipinski definition) is 2. The first kappa shape index (κ1) is 6.67. The molecule has 1 rings (SSSR count). The van der Waals surface area contributed by atoms with Crippen molar-refractivity contribution in [1.29, 1.82) is 0 Å². The highest BCUT2D eigenvalue weighted by atomic mass is 15.6. The lowest BCUT2D eigenvalue weighted by molar-refractivity contribution is 0.241. The van der Waals surface area contributed by atoms with Crippen LogP contribution < -0.4 is 10.7 Å². The van der Waals surface area contributed by atoms with Crippen LogP contribution in [0.5, 0.6) is 0 Å². The summed E-state index contributed by atoms with van der Waals surface area (Å²) in [4.78, 5) is 3.81. The van der Waals surface area contributed by atoms with Crippen molar-refractivity contribution in [2.24, 2.45) is 4.99 Å². The van der Waals surface area contributed by atoms with Crippen LogP contribution in [0.15, 0.2) is 4.99 Å². The Morgan fingerprint density at radius 2 is 2.44 bits per heavy atom. The minimum Gasteiger partial charge on any atom is -0.279 e. The highest BCUT2D eigenvalue weighted by Gasteiger charge is 2.38. The molecule has 0 aromatic carbocycles. The van der Waals surface area contributed by atoms with Gasteiger partial charge in [0.05, 0.1) is 0 Å². The van der Waals surface area contributed by atoms with Crippen molar-refractivity contribution < 1.29 is 0 Å². The molecular weight excluding hydrogens is 116 g/mol. The standard InChI is InChI=1S/C5H12N4/c1-6-4-5(8-4)9(3)7-2/h4-5,7-8H,1H2,2-3H3. The quantitative estimate of drug-likeness (QED) is 0.291. The van der Waals surface area contributed by atoms with Gasteiger partial charge < -0.3 is 0 Å². The van der Waals surface area contributed by atoms with Crippen molar-refractivity contribution in [2.75, 3.05) is 14.1 Å².